The van der Waals surface area contributed by atoms with Crippen LogP contribution in [0.15, 0.2) is 89.5 Å². The van der Waals surface area contributed by atoms with E-state index in [4.69, 9.17) is 16.6 Å². The van der Waals surface area contributed by atoms with Gasteiger partial charge in [0.05, 0.1) is 22.2 Å². The second kappa shape index (κ2) is 8.48. The van der Waals surface area contributed by atoms with Crippen molar-refractivity contribution in [2.24, 2.45) is 0 Å². The molecule has 0 bridgehead atoms. The monoisotopic (exact) mass is 456 g/mol. The number of hydrogen-bond acceptors (Lipinski definition) is 5. The molecule has 0 aliphatic carbocycles. The lowest BCUT2D eigenvalue weighted by atomic mass is 10.0. The highest BCUT2D eigenvalue weighted by Gasteiger charge is 2.42. The molecule has 1 N–H and O–H groups in total. The zero-order chi connectivity index (χ0) is 22.9. The van der Waals surface area contributed by atoms with Crippen molar-refractivity contribution in [1.29, 1.82) is 0 Å². The molecule has 4 aromatic rings. The SMILES string of the molecule is Cc1ccc(N2C(=S)N[C@H](c3ccccn3)[C@H]2c2ccc(-c3ccccc3[N+](=O)[O-])o2)cc1. The van der Waals surface area contributed by atoms with Gasteiger partial charge in [-0.2, -0.15) is 0 Å². The van der Waals surface area contributed by atoms with Gasteiger partial charge in [-0.05, 0) is 61.6 Å². The highest BCUT2D eigenvalue weighted by Crippen LogP contribution is 2.43. The summed E-state index contributed by atoms with van der Waals surface area (Å²) in [4.78, 5) is 17.7. The molecule has 0 spiro atoms. The molecule has 2 aromatic carbocycles. The summed E-state index contributed by atoms with van der Waals surface area (Å²) in [6.07, 6.45) is 1.74. The van der Waals surface area contributed by atoms with Crippen LogP contribution in [0.5, 0.6) is 0 Å². The molecular weight excluding hydrogens is 436 g/mol. The van der Waals surface area contributed by atoms with Crippen LogP contribution in [0.25, 0.3) is 11.3 Å². The highest BCUT2D eigenvalue weighted by atomic mass is 32.1. The number of pyridine rings is 1. The summed E-state index contributed by atoms with van der Waals surface area (Å²) in [5.41, 5.74) is 3.31. The number of hydrogen-bond donors (Lipinski definition) is 1. The third-order valence-corrected chi connectivity index (χ3v) is 6.01. The van der Waals surface area contributed by atoms with Crippen molar-refractivity contribution in [3.8, 4) is 11.3 Å². The minimum absolute atomic E-state index is 0.00451. The van der Waals surface area contributed by atoms with E-state index in [1.54, 1.807) is 30.5 Å². The van der Waals surface area contributed by atoms with Crippen molar-refractivity contribution in [3.63, 3.8) is 0 Å². The van der Waals surface area contributed by atoms with Gasteiger partial charge in [-0.1, -0.05) is 35.9 Å². The summed E-state index contributed by atoms with van der Waals surface area (Å²) in [7, 11) is 0. The Labute approximate surface area is 195 Å². The van der Waals surface area contributed by atoms with Crippen molar-refractivity contribution in [2.75, 3.05) is 4.90 Å². The third-order valence-electron chi connectivity index (χ3n) is 5.69. The van der Waals surface area contributed by atoms with Crippen LogP contribution in [-0.2, 0) is 0 Å². The average Bonchev–Trinajstić information content (AvgIpc) is 3.45. The number of rotatable bonds is 5. The lowest BCUT2D eigenvalue weighted by molar-refractivity contribution is -0.384. The van der Waals surface area contributed by atoms with Crippen molar-refractivity contribution in [1.82, 2.24) is 10.3 Å². The number of furan rings is 1. The van der Waals surface area contributed by atoms with E-state index in [1.807, 2.05) is 60.4 Å². The number of nitrogens with one attached hydrogen (secondary N) is 1. The molecule has 1 aliphatic heterocycles. The van der Waals surface area contributed by atoms with Crippen molar-refractivity contribution >= 4 is 28.7 Å². The summed E-state index contributed by atoms with van der Waals surface area (Å²) < 4.78 is 6.25. The second-order valence-electron chi connectivity index (χ2n) is 7.81. The molecule has 164 valence electrons. The van der Waals surface area contributed by atoms with Crippen LogP contribution in [0.1, 0.15) is 29.1 Å². The predicted molar refractivity (Wildman–Crippen MR) is 130 cm³/mol. The zero-order valence-corrected chi connectivity index (χ0v) is 18.5. The van der Waals surface area contributed by atoms with Crippen LogP contribution in [0.4, 0.5) is 11.4 Å². The van der Waals surface area contributed by atoms with Crippen LogP contribution in [0, 0.1) is 17.0 Å². The molecule has 7 nitrogen and oxygen atoms in total. The van der Waals surface area contributed by atoms with Crippen LogP contribution >= 0.6 is 12.2 Å². The largest absolute Gasteiger partial charge is 0.459 e. The van der Waals surface area contributed by atoms with E-state index in [9.17, 15) is 10.1 Å². The fourth-order valence-electron chi connectivity index (χ4n) is 4.13. The zero-order valence-electron chi connectivity index (χ0n) is 17.7. The van der Waals surface area contributed by atoms with Crippen LogP contribution in [0.2, 0.25) is 0 Å². The topological polar surface area (TPSA) is 84.4 Å². The molecule has 1 saturated heterocycles. The Bertz CT molecular complexity index is 1320. The quantitative estimate of drug-likeness (QED) is 0.233. The summed E-state index contributed by atoms with van der Waals surface area (Å²) in [5.74, 6) is 1.06. The maximum Gasteiger partial charge on any atom is 0.280 e. The van der Waals surface area contributed by atoms with Crippen LogP contribution in [0.3, 0.4) is 0 Å². The van der Waals surface area contributed by atoms with Gasteiger partial charge >= 0.3 is 0 Å². The molecule has 0 amide bonds. The molecule has 2 aromatic heterocycles. The fraction of sp³-hybridized carbons (Fsp3) is 0.120. The number of nitro benzene ring substituents is 1. The van der Waals surface area contributed by atoms with Crippen LogP contribution < -0.4 is 10.2 Å². The molecule has 0 radical (unpaired) electrons. The summed E-state index contributed by atoms with van der Waals surface area (Å²) in [6, 6.07) is 23.4. The lowest BCUT2D eigenvalue weighted by Crippen LogP contribution is -2.29. The number of thiocarbonyl (C=S) groups is 1. The van der Waals surface area contributed by atoms with Gasteiger partial charge in [-0.15, -0.1) is 0 Å². The van der Waals surface area contributed by atoms with E-state index >= 15 is 0 Å². The Balaban J connectivity index is 1.61. The van der Waals surface area contributed by atoms with E-state index in [0.29, 0.717) is 22.2 Å². The first-order valence-electron chi connectivity index (χ1n) is 10.4. The smallest absolute Gasteiger partial charge is 0.280 e. The van der Waals surface area contributed by atoms with Gasteiger partial charge in [0.25, 0.3) is 5.69 Å². The number of nitrogens with zero attached hydrogens (tertiary/aromatic N) is 3. The van der Waals surface area contributed by atoms with Crippen molar-refractivity contribution in [2.45, 2.75) is 19.0 Å². The van der Waals surface area contributed by atoms with E-state index in [-0.39, 0.29) is 17.8 Å². The first-order valence-corrected chi connectivity index (χ1v) is 10.8. The number of para-hydroxylation sites is 1. The molecule has 8 heteroatoms. The average molecular weight is 457 g/mol. The lowest BCUT2D eigenvalue weighted by Gasteiger charge is -2.26. The molecule has 1 fully saturated rings. The van der Waals surface area contributed by atoms with E-state index in [0.717, 1.165) is 16.9 Å². The fourth-order valence-corrected chi connectivity index (χ4v) is 4.47. The Morgan fingerprint density at radius 2 is 1.79 bits per heavy atom. The summed E-state index contributed by atoms with van der Waals surface area (Å²) >= 11 is 5.72. The molecule has 2 atom stereocenters. The van der Waals surface area contributed by atoms with Gasteiger partial charge in [-0.25, -0.2) is 0 Å². The summed E-state index contributed by atoms with van der Waals surface area (Å²) in [5, 5.41) is 15.5. The van der Waals surface area contributed by atoms with E-state index in [2.05, 4.69) is 10.3 Å². The number of aryl methyl sites for hydroxylation is 1. The van der Waals surface area contributed by atoms with Gasteiger partial charge in [0.1, 0.15) is 17.6 Å². The minimum atomic E-state index is -0.404. The first kappa shape index (κ1) is 20.8. The van der Waals surface area contributed by atoms with Crippen LogP contribution in [-0.4, -0.2) is 15.0 Å². The molecule has 33 heavy (non-hydrogen) atoms. The van der Waals surface area contributed by atoms with Gasteiger partial charge < -0.3 is 14.6 Å². The first-order chi connectivity index (χ1) is 16.0. The van der Waals surface area contributed by atoms with E-state index < -0.39 is 4.92 Å². The van der Waals surface area contributed by atoms with Gasteiger partial charge in [0, 0.05) is 18.0 Å². The molecule has 5 rings (SSSR count). The van der Waals surface area contributed by atoms with Gasteiger partial charge in [0.2, 0.25) is 0 Å². The molecule has 0 unspecified atom stereocenters. The Kier molecular flexibility index (Phi) is 5.35. The van der Waals surface area contributed by atoms with Gasteiger partial charge in [-0.3, -0.25) is 15.1 Å². The Morgan fingerprint density at radius 1 is 1.03 bits per heavy atom. The molecule has 3 heterocycles. The third kappa shape index (κ3) is 3.85. The number of anilines is 1. The summed E-state index contributed by atoms with van der Waals surface area (Å²) in [6.45, 7) is 2.03. The second-order valence-corrected chi connectivity index (χ2v) is 8.20. The normalized spacial score (nSPS) is 17.7. The molecule has 1 aliphatic rings. The predicted octanol–water partition coefficient (Wildman–Crippen LogP) is 5.74. The maximum absolute atomic E-state index is 11.5. The standard InChI is InChI=1S/C25H20N4O3S/c1-16-9-11-17(12-10-16)28-24(23(27-25(28)33)19-7-4-5-15-26-19)22-14-13-21(32-22)18-6-2-3-8-20(18)29(30)31/h2-15,23-24H,1H3,(H,27,33)/t23-,24-/m1/s1. The van der Waals surface area contributed by atoms with Crippen molar-refractivity contribution < 1.29 is 9.34 Å². The molecule has 0 saturated carbocycles. The minimum Gasteiger partial charge on any atom is -0.459 e. The Hall–Kier alpha value is -4.04. The number of benzene rings is 2. The highest BCUT2D eigenvalue weighted by molar-refractivity contribution is 7.80. The Morgan fingerprint density at radius 3 is 2.52 bits per heavy atom. The number of aromatic nitrogens is 1. The molecular formula is C25H20N4O3S. The maximum atomic E-state index is 11.5. The van der Waals surface area contributed by atoms with E-state index in [1.165, 1.54) is 6.07 Å². The van der Waals surface area contributed by atoms with Gasteiger partial charge in [0.15, 0.2) is 5.11 Å². The number of nitro groups is 1. The van der Waals surface area contributed by atoms with Crippen molar-refractivity contribution in [3.05, 3.63) is 112 Å².